The molecule has 1 saturated heterocycles. The molecule has 3 heterocycles. The van der Waals surface area contributed by atoms with Crippen molar-refractivity contribution in [1.82, 2.24) is 14.8 Å². The second-order valence-electron chi connectivity index (χ2n) is 11.8. The van der Waals surface area contributed by atoms with E-state index in [4.69, 9.17) is 4.74 Å². The summed E-state index contributed by atoms with van der Waals surface area (Å²) in [6, 6.07) is 19.2. The van der Waals surface area contributed by atoms with E-state index in [-0.39, 0.29) is 18.8 Å². The number of para-hydroxylation sites is 1. The predicted octanol–water partition coefficient (Wildman–Crippen LogP) is 6.12. The highest BCUT2D eigenvalue weighted by atomic mass is 19.1. The number of ether oxygens (including phenoxy) is 1. The molecule has 0 radical (unpaired) electrons. The zero-order valence-corrected chi connectivity index (χ0v) is 21.3. The Hall–Kier alpha value is -2.37. The minimum atomic E-state index is -0.236. The predicted molar refractivity (Wildman–Crippen MR) is 142 cm³/mol. The minimum Gasteiger partial charge on any atom is -0.488 e. The van der Waals surface area contributed by atoms with Crippen LogP contribution in [0, 0.1) is 11.8 Å². The van der Waals surface area contributed by atoms with Crippen molar-refractivity contribution in [2.45, 2.75) is 69.7 Å². The van der Waals surface area contributed by atoms with Gasteiger partial charge in [-0.2, -0.15) is 0 Å². The summed E-state index contributed by atoms with van der Waals surface area (Å²) in [7, 11) is 0. The van der Waals surface area contributed by atoms with Crippen LogP contribution in [-0.2, 0) is 6.42 Å². The van der Waals surface area contributed by atoms with Crippen molar-refractivity contribution in [2.24, 2.45) is 11.8 Å². The van der Waals surface area contributed by atoms with Gasteiger partial charge in [-0.25, -0.2) is 0 Å². The van der Waals surface area contributed by atoms with Crippen molar-refractivity contribution in [3.63, 3.8) is 0 Å². The molecule has 1 aromatic heterocycles. The molecule has 2 bridgehead atoms. The van der Waals surface area contributed by atoms with Crippen LogP contribution in [0.15, 0.2) is 48.5 Å². The Kier molecular flexibility index (Phi) is 5.81. The van der Waals surface area contributed by atoms with Crippen LogP contribution in [0.2, 0.25) is 0 Å². The highest BCUT2D eigenvalue weighted by molar-refractivity contribution is 5.85. The first-order valence-electron chi connectivity index (χ1n) is 14.1. The van der Waals surface area contributed by atoms with Crippen LogP contribution in [0.1, 0.15) is 61.9 Å². The topological polar surface area (TPSA) is 31.5 Å². The number of likely N-dealkylation sites (tertiary alicyclic amines) is 1. The van der Waals surface area contributed by atoms with Crippen LogP contribution in [0.4, 0.5) is 4.39 Å². The van der Waals surface area contributed by atoms with Crippen LogP contribution in [0.5, 0.6) is 5.75 Å². The zero-order valence-electron chi connectivity index (χ0n) is 21.3. The van der Waals surface area contributed by atoms with Gasteiger partial charge < -0.3 is 9.72 Å². The number of fused-ring (bicyclic) bond motifs is 5. The lowest BCUT2D eigenvalue weighted by molar-refractivity contribution is -0.0356. The number of hydrogen-bond acceptors (Lipinski definition) is 3. The second-order valence-corrected chi connectivity index (χ2v) is 11.8. The summed E-state index contributed by atoms with van der Waals surface area (Å²) in [4.78, 5) is 9.01. The Labute approximate surface area is 213 Å². The Balaban J connectivity index is 1.18. The average Bonchev–Trinajstić information content (AvgIpc) is 3.22. The molecule has 4 fully saturated rings. The van der Waals surface area contributed by atoms with Gasteiger partial charge in [0.25, 0.3) is 0 Å². The summed E-state index contributed by atoms with van der Waals surface area (Å²) < 4.78 is 18.7. The maximum absolute atomic E-state index is 12.4. The number of H-pyrrole nitrogens is 1. The van der Waals surface area contributed by atoms with Gasteiger partial charge in [0.1, 0.15) is 11.9 Å². The Morgan fingerprint density at radius 1 is 1.03 bits per heavy atom. The largest absolute Gasteiger partial charge is 0.488 e. The fraction of sp³-hybridized carbons (Fsp3) is 0.548. The molecule has 5 aliphatic rings. The minimum absolute atomic E-state index is 0.218. The number of hydrogen-bond donors (Lipinski definition) is 1. The fourth-order valence-electron chi connectivity index (χ4n) is 7.69. The molecule has 1 N–H and O–H groups in total. The quantitative estimate of drug-likeness (QED) is 0.436. The monoisotopic (exact) mass is 487 g/mol. The number of benzene rings is 2. The van der Waals surface area contributed by atoms with Crippen molar-refractivity contribution in [3.8, 4) is 5.75 Å². The molecule has 3 atom stereocenters. The number of alkyl halides is 1. The van der Waals surface area contributed by atoms with Gasteiger partial charge in [0.15, 0.2) is 0 Å². The van der Waals surface area contributed by atoms with Gasteiger partial charge in [0.05, 0.1) is 12.7 Å². The summed E-state index contributed by atoms with van der Waals surface area (Å²) in [5, 5.41) is 1.39. The van der Waals surface area contributed by atoms with Gasteiger partial charge in [-0.15, -0.1) is 0 Å². The van der Waals surface area contributed by atoms with Gasteiger partial charge in [-0.05, 0) is 86.6 Å². The SMILES string of the molecule is C[C@@H]1Cc2c([nH]c3ccccc23)[C@@H](c2ccc(OC3CN(CCCF)C3)cc2)N1C1CCC2CC1C2. The highest BCUT2D eigenvalue weighted by Crippen LogP contribution is 2.52. The van der Waals surface area contributed by atoms with Gasteiger partial charge in [-0.1, -0.05) is 30.3 Å². The van der Waals surface area contributed by atoms with Gasteiger partial charge in [-0.3, -0.25) is 14.2 Å². The lowest BCUT2D eigenvalue weighted by atomic mass is 9.61. The van der Waals surface area contributed by atoms with Crippen molar-refractivity contribution in [3.05, 3.63) is 65.4 Å². The van der Waals surface area contributed by atoms with Crippen molar-refractivity contribution in [2.75, 3.05) is 26.3 Å². The number of aromatic amines is 1. The van der Waals surface area contributed by atoms with Crippen molar-refractivity contribution >= 4 is 10.9 Å². The number of rotatable bonds is 7. The Morgan fingerprint density at radius 3 is 2.58 bits per heavy atom. The molecule has 1 unspecified atom stereocenters. The molecule has 8 rings (SSSR count). The molecule has 3 saturated carbocycles. The Bertz CT molecular complexity index is 1210. The maximum atomic E-state index is 12.4. The fourth-order valence-corrected chi connectivity index (χ4v) is 7.69. The molecule has 2 aliphatic heterocycles. The molecule has 3 aromatic rings. The van der Waals surface area contributed by atoms with E-state index in [1.165, 1.54) is 53.4 Å². The van der Waals surface area contributed by atoms with Gasteiger partial charge in [0, 0.05) is 48.3 Å². The lowest BCUT2D eigenvalue weighted by Crippen LogP contribution is -2.56. The summed E-state index contributed by atoms with van der Waals surface area (Å²) in [5.41, 5.74) is 5.52. The first kappa shape index (κ1) is 22.8. The molecule has 5 heteroatoms. The summed E-state index contributed by atoms with van der Waals surface area (Å²) in [5.74, 6) is 2.80. The molecule has 36 heavy (non-hydrogen) atoms. The van der Waals surface area contributed by atoms with Crippen molar-refractivity contribution in [1.29, 1.82) is 0 Å². The normalized spacial score (nSPS) is 30.6. The van der Waals surface area contributed by atoms with Crippen LogP contribution in [0.3, 0.4) is 0 Å². The lowest BCUT2D eigenvalue weighted by Gasteiger charge is -2.55. The molecule has 0 spiro atoms. The van der Waals surface area contributed by atoms with Crippen LogP contribution in [0.25, 0.3) is 10.9 Å². The van der Waals surface area contributed by atoms with E-state index in [1.807, 2.05) is 0 Å². The Morgan fingerprint density at radius 2 is 1.83 bits per heavy atom. The van der Waals surface area contributed by atoms with Gasteiger partial charge in [0.2, 0.25) is 0 Å². The average molecular weight is 488 g/mol. The number of aromatic nitrogens is 1. The van der Waals surface area contributed by atoms with E-state index >= 15 is 0 Å². The van der Waals surface area contributed by atoms with Crippen molar-refractivity contribution < 1.29 is 9.13 Å². The first-order chi connectivity index (χ1) is 17.7. The standard InChI is InChI=1S/C31H38FN3O/c1-20-15-27-26-5-2-3-6-28(26)33-30(27)31(35(20)29-12-7-21-16-23(29)17-21)22-8-10-24(11-9-22)36-25-18-34(19-25)14-4-13-32/h2-3,5-6,8-11,20-21,23,25,29,31,33H,4,7,12-19H2,1H3/t20-,21?,23?,29?,31-/m1/s1. The van der Waals surface area contributed by atoms with E-state index in [2.05, 4.69) is 70.2 Å². The smallest absolute Gasteiger partial charge is 0.124 e. The number of halogens is 1. The third-order valence-corrected chi connectivity index (χ3v) is 9.53. The molecule has 3 aliphatic carbocycles. The van der Waals surface area contributed by atoms with E-state index in [0.717, 1.165) is 43.6 Å². The van der Waals surface area contributed by atoms with Crippen LogP contribution >= 0.6 is 0 Å². The third kappa shape index (κ3) is 3.86. The van der Waals surface area contributed by atoms with E-state index < -0.39 is 0 Å². The zero-order chi connectivity index (χ0) is 24.2. The molecular weight excluding hydrogens is 449 g/mol. The first-order valence-corrected chi connectivity index (χ1v) is 14.1. The van der Waals surface area contributed by atoms with E-state index in [1.54, 1.807) is 0 Å². The molecule has 2 aromatic carbocycles. The highest BCUT2D eigenvalue weighted by Gasteiger charge is 2.48. The number of nitrogens with zero attached hydrogens (tertiary/aromatic N) is 2. The molecule has 4 nitrogen and oxygen atoms in total. The molecule has 190 valence electrons. The number of nitrogens with one attached hydrogen (secondary N) is 1. The van der Waals surface area contributed by atoms with Gasteiger partial charge >= 0.3 is 0 Å². The second kappa shape index (κ2) is 9.18. The van der Waals surface area contributed by atoms with E-state index in [9.17, 15) is 4.39 Å². The van der Waals surface area contributed by atoms with Crippen LogP contribution < -0.4 is 4.74 Å². The molecular formula is C31H38FN3O. The molecule has 0 amide bonds. The maximum Gasteiger partial charge on any atom is 0.124 e. The summed E-state index contributed by atoms with van der Waals surface area (Å²) in [6.07, 6.45) is 7.55. The summed E-state index contributed by atoms with van der Waals surface area (Å²) in [6.45, 7) is 4.85. The van der Waals surface area contributed by atoms with E-state index in [0.29, 0.717) is 18.5 Å². The summed E-state index contributed by atoms with van der Waals surface area (Å²) >= 11 is 0. The van der Waals surface area contributed by atoms with Crippen LogP contribution in [-0.4, -0.2) is 59.3 Å². The third-order valence-electron chi connectivity index (χ3n) is 9.53.